The highest BCUT2D eigenvalue weighted by Crippen LogP contribution is 2.40. The number of hydrogen-bond acceptors (Lipinski definition) is 5. The normalized spacial score (nSPS) is 13.6. The molecule has 0 atom stereocenters. The quantitative estimate of drug-likeness (QED) is 0.751. The van der Waals surface area contributed by atoms with Gasteiger partial charge in [0.15, 0.2) is 5.82 Å². The number of benzene rings is 1. The van der Waals surface area contributed by atoms with Gasteiger partial charge in [0.05, 0.1) is 11.3 Å². The summed E-state index contributed by atoms with van der Waals surface area (Å²) in [7, 11) is 0. The van der Waals surface area contributed by atoms with Crippen LogP contribution in [0.2, 0.25) is 0 Å². The van der Waals surface area contributed by atoms with E-state index in [1.807, 2.05) is 11.8 Å². The Morgan fingerprint density at radius 2 is 2.04 bits per heavy atom. The SMILES string of the molecule is CCCCc1nc2c(c(-c3ccccc3)c1-c1nnn[nH]1)CSCC2. The van der Waals surface area contributed by atoms with Crippen LogP contribution >= 0.6 is 11.8 Å². The van der Waals surface area contributed by atoms with Gasteiger partial charge in [-0.1, -0.05) is 43.7 Å². The molecule has 6 heteroatoms. The van der Waals surface area contributed by atoms with Crippen LogP contribution in [0.25, 0.3) is 22.5 Å². The Hall–Kier alpha value is -2.21. The molecule has 3 aromatic rings. The molecule has 4 rings (SSSR count). The van der Waals surface area contributed by atoms with E-state index >= 15 is 0 Å². The third kappa shape index (κ3) is 3.18. The molecule has 0 spiro atoms. The van der Waals surface area contributed by atoms with Crippen molar-refractivity contribution in [3.05, 3.63) is 47.3 Å². The van der Waals surface area contributed by atoms with Gasteiger partial charge in [-0.25, -0.2) is 5.10 Å². The zero-order chi connectivity index (χ0) is 17.1. The van der Waals surface area contributed by atoms with Crippen LogP contribution in [0.15, 0.2) is 30.3 Å². The van der Waals surface area contributed by atoms with Crippen molar-refractivity contribution < 1.29 is 0 Å². The summed E-state index contributed by atoms with van der Waals surface area (Å²) in [6.45, 7) is 2.21. The number of aryl methyl sites for hydroxylation is 2. The molecule has 0 amide bonds. The van der Waals surface area contributed by atoms with Gasteiger partial charge in [-0.2, -0.15) is 11.8 Å². The molecule has 0 saturated carbocycles. The van der Waals surface area contributed by atoms with Crippen molar-refractivity contribution in [1.82, 2.24) is 25.6 Å². The largest absolute Gasteiger partial charge is 0.257 e. The van der Waals surface area contributed by atoms with Gasteiger partial charge in [0, 0.05) is 17.0 Å². The third-order valence-electron chi connectivity index (χ3n) is 4.60. The van der Waals surface area contributed by atoms with Crippen LogP contribution < -0.4 is 0 Å². The summed E-state index contributed by atoms with van der Waals surface area (Å²) in [6, 6.07) is 10.6. The minimum Gasteiger partial charge on any atom is -0.257 e. The third-order valence-corrected chi connectivity index (χ3v) is 5.59. The number of pyridine rings is 1. The van der Waals surface area contributed by atoms with E-state index in [4.69, 9.17) is 4.98 Å². The fraction of sp³-hybridized carbons (Fsp3) is 0.368. The molecule has 1 aliphatic rings. The lowest BCUT2D eigenvalue weighted by Crippen LogP contribution is -2.12. The van der Waals surface area contributed by atoms with Crippen LogP contribution in [0.4, 0.5) is 0 Å². The second kappa shape index (κ2) is 7.35. The molecule has 0 aliphatic carbocycles. The zero-order valence-corrected chi connectivity index (χ0v) is 15.1. The van der Waals surface area contributed by atoms with Crippen LogP contribution in [0, 0.1) is 0 Å². The molecule has 0 saturated heterocycles. The van der Waals surface area contributed by atoms with E-state index in [1.165, 1.54) is 22.4 Å². The second-order valence-corrected chi connectivity index (χ2v) is 7.36. The number of H-pyrrole nitrogens is 1. The number of thioether (sulfide) groups is 1. The first kappa shape index (κ1) is 16.3. The highest BCUT2D eigenvalue weighted by molar-refractivity contribution is 7.98. The first-order chi connectivity index (χ1) is 12.4. The first-order valence-electron chi connectivity index (χ1n) is 8.80. The number of nitrogens with zero attached hydrogens (tertiary/aromatic N) is 4. The van der Waals surface area contributed by atoms with E-state index in [-0.39, 0.29) is 0 Å². The molecule has 0 bridgehead atoms. The van der Waals surface area contributed by atoms with Crippen LogP contribution in [-0.2, 0) is 18.6 Å². The molecule has 3 heterocycles. The number of nitrogens with one attached hydrogen (secondary N) is 1. The molecule has 0 radical (unpaired) electrons. The lowest BCUT2D eigenvalue weighted by Gasteiger charge is -2.23. The highest BCUT2D eigenvalue weighted by atomic mass is 32.2. The lowest BCUT2D eigenvalue weighted by molar-refractivity contribution is 0.769. The summed E-state index contributed by atoms with van der Waals surface area (Å²) >= 11 is 1.97. The molecule has 0 unspecified atom stereocenters. The maximum Gasteiger partial charge on any atom is 0.181 e. The first-order valence-corrected chi connectivity index (χ1v) is 9.95. The summed E-state index contributed by atoms with van der Waals surface area (Å²) < 4.78 is 0. The summed E-state index contributed by atoms with van der Waals surface area (Å²) in [5.41, 5.74) is 7.25. The van der Waals surface area contributed by atoms with Crippen molar-refractivity contribution in [3.8, 4) is 22.5 Å². The number of fused-ring (bicyclic) bond motifs is 1. The molecule has 2 aromatic heterocycles. The average Bonchev–Trinajstić information content (AvgIpc) is 3.20. The van der Waals surface area contributed by atoms with Crippen molar-refractivity contribution >= 4 is 11.8 Å². The molecule has 128 valence electrons. The van der Waals surface area contributed by atoms with E-state index in [9.17, 15) is 0 Å². The molecule has 1 N–H and O–H groups in total. The van der Waals surface area contributed by atoms with Crippen molar-refractivity contribution in [1.29, 1.82) is 0 Å². The maximum absolute atomic E-state index is 5.06. The van der Waals surface area contributed by atoms with Gasteiger partial charge < -0.3 is 0 Å². The van der Waals surface area contributed by atoms with Gasteiger partial charge >= 0.3 is 0 Å². The van der Waals surface area contributed by atoms with Crippen molar-refractivity contribution in [2.24, 2.45) is 0 Å². The van der Waals surface area contributed by atoms with Crippen LogP contribution in [-0.4, -0.2) is 31.4 Å². The topological polar surface area (TPSA) is 67.3 Å². The fourth-order valence-corrected chi connectivity index (χ4v) is 4.40. The standard InChI is InChI=1S/C19H21N5S/c1-2-3-9-16-18(19-21-23-24-22-19)17(13-7-5-4-6-8-13)14-12-25-11-10-15(14)20-16/h4-8H,2-3,9-12H2,1H3,(H,21,22,23,24). The molecular formula is C19H21N5S. The Morgan fingerprint density at radius 1 is 1.16 bits per heavy atom. The average molecular weight is 351 g/mol. The second-order valence-electron chi connectivity index (χ2n) is 6.26. The summed E-state index contributed by atoms with van der Waals surface area (Å²) in [4.78, 5) is 5.06. The van der Waals surface area contributed by atoms with Gasteiger partial charge in [0.25, 0.3) is 0 Å². The summed E-state index contributed by atoms with van der Waals surface area (Å²) in [5.74, 6) is 2.86. The van der Waals surface area contributed by atoms with Crippen LogP contribution in [0.5, 0.6) is 0 Å². The lowest BCUT2D eigenvalue weighted by atomic mass is 9.90. The van der Waals surface area contributed by atoms with E-state index in [0.29, 0.717) is 0 Å². The number of tetrazole rings is 1. The highest BCUT2D eigenvalue weighted by Gasteiger charge is 2.25. The summed E-state index contributed by atoms with van der Waals surface area (Å²) in [5, 5.41) is 14.8. The van der Waals surface area contributed by atoms with Gasteiger partial charge in [-0.3, -0.25) is 4.98 Å². The molecule has 0 fully saturated rings. The maximum atomic E-state index is 5.06. The van der Waals surface area contributed by atoms with E-state index in [1.54, 1.807) is 0 Å². The van der Waals surface area contributed by atoms with E-state index in [0.717, 1.165) is 54.3 Å². The molecule has 25 heavy (non-hydrogen) atoms. The predicted octanol–water partition coefficient (Wildman–Crippen LogP) is 4.06. The Kier molecular flexibility index (Phi) is 4.78. The van der Waals surface area contributed by atoms with Crippen LogP contribution in [0.3, 0.4) is 0 Å². The van der Waals surface area contributed by atoms with Crippen molar-refractivity contribution in [2.75, 3.05) is 5.75 Å². The molecule has 5 nitrogen and oxygen atoms in total. The molecule has 1 aliphatic heterocycles. The monoisotopic (exact) mass is 351 g/mol. The number of aromatic amines is 1. The van der Waals surface area contributed by atoms with Crippen LogP contribution in [0.1, 0.15) is 36.7 Å². The van der Waals surface area contributed by atoms with Gasteiger partial charge in [-0.05, 0) is 46.6 Å². The van der Waals surface area contributed by atoms with Gasteiger partial charge in [0.1, 0.15) is 0 Å². The Labute approximate surface area is 151 Å². The fourth-order valence-electron chi connectivity index (χ4n) is 3.40. The number of aromatic nitrogens is 5. The molecular weight excluding hydrogens is 330 g/mol. The van der Waals surface area contributed by atoms with Gasteiger partial charge in [0.2, 0.25) is 0 Å². The zero-order valence-electron chi connectivity index (χ0n) is 14.3. The Bertz CT molecular complexity index is 846. The number of hydrogen-bond donors (Lipinski definition) is 1. The number of unbranched alkanes of at least 4 members (excludes halogenated alkanes) is 1. The van der Waals surface area contributed by atoms with Crippen molar-refractivity contribution in [2.45, 2.75) is 38.4 Å². The Morgan fingerprint density at radius 3 is 2.80 bits per heavy atom. The smallest absolute Gasteiger partial charge is 0.181 e. The van der Waals surface area contributed by atoms with Gasteiger partial charge in [-0.15, -0.1) is 5.10 Å². The minimum atomic E-state index is 0.718. The van der Waals surface area contributed by atoms with E-state index < -0.39 is 0 Å². The summed E-state index contributed by atoms with van der Waals surface area (Å²) in [6.07, 6.45) is 4.24. The minimum absolute atomic E-state index is 0.718. The van der Waals surface area contributed by atoms with E-state index in [2.05, 4.69) is 57.9 Å². The van der Waals surface area contributed by atoms with Crippen molar-refractivity contribution in [3.63, 3.8) is 0 Å². The predicted molar refractivity (Wildman–Crippen MR) is 101 cm³/mol. The number of rotatable bonds is 5. The molecule has 1 aromatic carbocycles. The Balaban J connectivity index is 2.00.